The van der Waals surface area contributed by atoms with Crippen LogP contribution in [0, 0.1) is 0 Å². The predicted molar refractivity (Wildman–Crippen MR) is 42.0 cm³/mol. The third kappa shape index (κ3) is 0.888. The average molecular weight is 148 g/mol. The lowest BCUT2D eigenvalue weighted by molar-refractivity contribution is -0.727. The molecule has 1 N–H and O–H groups in total. The second-order valence-electron chi connectivity index (χ2n) is 2.44. The van der Waals surface area contributed by atoms with Crippen LogP contribution in [0.15, 0.2) is 24.3 Å². The molecule has 0 bridgehead atoms. The topological polar surface area (TPSA) is 32.6 Å². The molecular weight excluding hydrogens is 138 g/mol. The first kappa shape index (κ1) is 6.34. The number of benzene rings is 1. The third-order valence-electron chi connectivity index (χ3n) is 1.78. The second kappa shape index (κ2) is 2.34. The van der Waals surface area contributed by atoms with E-state index in [9.17, 15) is 0 Å². The van der Waals surface area contributed by atoms with E-state index in [2.05, 4.69) is 23.3 Å². The van der Waals surface area contributed by atoms with E-state index < -0.39 is 0 Å². The van der Waals surface area contributed by atoms with Crippen molar-refractivity contribution in [2.75, 3.05) is 0 Å². The number of hydrogen-bond acceptors (Lipinski definition) is 1. The Morgan fingerprint density at radius 2 is 2.27 bits per heavy atom. The summed E-state index contributed by atoms with van der Waals surface area (Å²) in [4.78, 5) is 0. The van der Waals surface area contributed by atoms with Crippen molar-refractivity contribution in [2.24, 2.45) is 0 Å². The van der Waals surface area contributed by atoms with Gasteiger partial charge in [-0.2, -0.15) is 4.68 Å². The highest BCUT2D eigenvalue weighted by atomic mass is 15.4. The maximum absolute atomic E-state index is 4.13. The van der Waals surface area contributed by atoms with E-state index in [1.165, 1.54) is 0 Å². The smallest absolute Gasteiger partial charge is 0.155 e. The van der Waals surface area contributed by atoms with Crippen LogP contribution in [0.5, 0.6) is 0 Å². The summed E-state index contributed by atoms with van der Waals surface area (Å²) >= 11 is 0. The summed E-state index contributed by atoms with van der Waals surface area (Å²) in [7, 11) is 0. The maximum atomic E-state index is 4.13. The molecule has 1 aromatic carbocycles. The minimum Gasteiger partial charge on any atom is -0.155 e. The van der Waals surface area contributed by atoms with E-state index in [0.29, 0.717) is 0 Å². The Bertz CT molecular complexity index is 364. The van der Waals surface area contributed by atoms with Gasteiger partial charge in [0.05, 0.1) is 0 Å². The molecule has 0 atom stereocenters. The number of fused-ring (bicyclic) bond motifs is 1. The molecule has 0 saturated heterocycles. The van der Waals surface area contributed by atoms with Gasteiger partial charge in [-0.3, -0.25) is 0 Å². The zero-order valence-electron chi connectivity index (χ0n) is 6.41. The van der Waals surface area contributed by atoms with Gasteiger partial charge >= 0.3 is 0 Å². The molecule has 0 unspecified atom stereocenters. The van der Waals surface area contributed by atoms with E-state index in [1.807, 2.05) is 22.9 Å². The van der Waals surface area contributed by atoms with Crippen molar-refractivity contribution < 1.29 is 4.68 Å². The summed E-state index contributed by atoms with van der Waals surface area (Å²) < 4.78 is 2.01. The summed E-state index contributed by atoms with van der Waals surface area (Å²) in [5.74, 6) is 0. The Hall–Kier alpha value is -1.38. The van der Waals surface area contributed by atoms with Gasteiger partial charge in [-0.15, -0.1) is 0 Å². The molecule has 0 spiro atoms. The van der Waals surface area contributed by atoms with Crippen LogP contribution >= 0.6 is 0 Å². The van der Waals surface area contributed by atoms with E-state index in [4.69, 9.17) is 0 Å². The molecular formula is C8H10N3+. The minimum absolute atomic E-state index is 0.931. The van der Waals surface area contributed by atoms with Crippen molar-refractivity contribution in [2.45, 2.75) is 13.5 Å². The molecule has 0 aliphatic carbocycles. The first-order valence-electron chi connectivity index (χ1n) is 3.75. The quantitative estimate of drug-likeness (QED) is 0.598. The summed E-state index contributed by atoms with van der Waals surface area (Å²) in [6.45, 7) is 3.02. The van der Waals surface area contributed by atoms with Gasteiger partial charge in [-0.1, -0.05) is 17.3 Å². The Labute approximate surface area is 64.6 Å². The molecule has 1 aromatic heterocycles. The number of aromatic nitrogens is 3. The van der Waals surface area contributed by atoms with Crippen LogP contribution in [0.2, 0.25) is 0 Å². The summed E-state index contributed by atoms with van der Waals surface area (Å²) in [5, 5.41) is 7.06. The van der Waals surface area contributed by atoms with Gasteiger partial charge in [0.25, 0.3) is 0 Å². The van der Waals surface area contributed by atoms with E-state index >= 15 is 0 Å². The fraction of sp³-hybridized carbons (Fsp3) is 0.250. The van der Waals surface area contributed by atoms with Crippen molar-refractivity contribution in [3.05, 3.63) is 24.3 Å². The maximum Gasteiger partial charge on any atom is 0.248 e. The first-order valence-corrected chi connectivity index (χ1v) is 3.75. The molecule has 3 heteroatoms. The molecule has 0 amide bonds. The van der Waals surface area contributed by atoms with Gasteiger partial charge in [-0.05, 0) is 19.1 Å². The lowest BCUT2D eigenvalue weighted by Crippen LogP contribution is -2.34. The lowest BCUT2D eigenvalue weighted by Gasteiger charge is -1.85. The monoisotopic (exact) mass is 148 g/mol. The number of hydrogen-bond donors (Lipinski definition) is 1. The van der Waals surface area contributed by atoms with Crippen LogP contribution in [-0.2, 0) is 6.54 Å². The molecule has 2 rings (SSSR count). The van der Waals surface area contributed by atoms with E-state index in [-0.39, 0.29) is 0 Å². The predicted octanol–water partition coefficient (Wildman–Crippen LogP) is 0.870. The fourth-order valence-corrected chi connectivity index (χ4v) is 1.20. The molecule has 0 aliphatic rings. The Morgan fingerprint density at radius 3 is 3.09 bits per heavy atom. The summed E-state index contributed by atoms with van der Waals surface area (Å²) in [5.41, 5.74) is 2.18. The van der Waals surface area contributed by atoms with Gasteiger partial charge in [0.2, 0.25) is 11.0 Å². The van der Waals surface area contributed by atoms with Crippen molar-refractivity contribution in [3.63, 3.8) is 0 Å². The van der Waals surface area contributed by atoms with Crippen LogP contribution in [0.25, 0.3) is 11.0 Å². The van der Waals surface area contributed by atoms with Crippen LogP contribution in [0.1, 0.15) is 6.92 Å². The highest BCUT2D eigenvalue weighted by molar-refractivity contribution is 5.69. The molecule has 1 heterocycles. The summed E-state index contributed by atoms with van der Waals surface area (Å²) in [6.07, 6.45) is 0. The number of aromatic amines is 1. The van der Waals surface area contributed by atoms with Crippen LogP contribution in [-0.4, -0.2) is 10.3 Å². The molecule has 0 radical (unpaired) electrons. The SMILES string of the molecule is CC[n+]1[nH]nc2ccccc21. The molecule has 0 aliphatic heterocycles. The van der Waals surface area contributed by atoms with Gasteiger partial charge in [0, 0.05) is 5.10 Å². The van der Waals surface area contributed by atoms with Crippen LogP contribution < -0.4 is 4.68 Å². The Balaban J connectivity index is 2.76. The van der Waals surface area contributed by atoms with E-state index in [0.717, 1.165) is 17.6 Å². The van der Waals surface area contributed by atoms with Gasteiger partial charge in [-0.25, -0.2) is 0 Å². The summed E-state index contributed by atoms with van der Waals surface area (Å²) in [6, 6.07) is 8.06. The number of nitrogens with zero attached hydrogens (tertiary/aromatic N) is 2. The normalized spacial score (nSPS) is 10.6. The van der Waals surface area contributed by atoms with E-state index in [1.54, 1.807) is 0 Å². The second-order valence-corrected chi connectivity index (χ2v) is 2.44. The zero-order valence-corrected chi connectivity index (χ0v) is 6.41. The van der Waals surface area contributed by atoms with Crippen molar-refractivity contribution in [3.8, 4) is 0 Å². The molecule has 3 nitrogen and oxygen atoms in total. The van der Waals surface area contributed by atoms with Crippen LogP contribution in [0.3, 0.4) is 0 Å². The standard InChI is InChI=1S/C8H9N3/c1-2-11-8-6-4-3-5-7(8)9-10-11/h3-6H,2H2,1H3/p+1. The molecule has 0 saturated carbocycles. The molecule has 11 heavy (non-hydrogen) atoms. The fourth-order valence-electron chi connectivity index (χ4n) is 1.20. The Morgan fingerprint density at radius 1 is 1.45 bits per heavy atom. The highest BCUT2D eigenvalue weighted by Gasteiger charge is 2.07. The first-order chi connectivity index (χ1) is 5.42. The lowest BCUT2D eigenvalue weighted by atomic mass is 10.3. The van der Waals surface area contributed by atoms with Crippen molar-refractivity contribution >= 4 is 11.0 Å². The third-order valence-corrected chi connectivity index (χ3v) is 1.78. The highest BCUT2D eigenvalue weighted by Crippen LogP contribution is 2.02. The number of rotatable bonds is 1. The zero-order chi connectivity index (χ0) is 7.68. The van der Waals surface area contributed by atoms with Crippen molar-refractivity contribution in [1.82, 2.24) is 10.3 Å². The molecule has 0 fully saturated rings. The van der Waals surface area contributed by atoms with Crippen LogP contribution in [0.4, 0.5) is 0 Å². The van der Waals surface area contributed by atoms with Gasteiger partial charge in [0.1, 0.15) is 6.54 Å². The van der Waals surface area contributed by atoms with Gasteiger partial charge < -0.3 is 0 Å². The largest absolute Gasteiger partial charge is 0.248 e. The Kier molecular flexibility index (Phi) is 1.35. The van der Waals surface area contributed by atoms with Crippen molar-refractivity contribution in [1.29, 1.82) is 0 Å². The van der Waals surface area contributed by atoms with Gasteiger partial charge in [0.15, 0.2) is 0 Å². The number of aryl methyl sites for hydroxylation is 1. The molecule has 2 aromatic rings. The number of nitrogens with one attached hydrogen (secondary N) is 1. The molecule has 56 valence electrons. The average Bonchev–Trinajstić information content (AvgIpc) is 2.47. The number of para-hydroxylation sites is 2. The number of H-pyrrole nitrogens is 1. The minimum atomic E-state index is 0.931.